The van der Waals surface area contributed by atoms with Crippen molar-refractivity contribution in [1.29, 1.82) is 0 Å². The quantitative estimate of drug-likeness (QED) is 0.0222. The normalized spacial score (nSPS) is 14.5. The number of esters is 4. The van der Waals surface area contributed by atoms with E-state index < -0.39 is 97.5 Å². The number of phosphoric ester groups is 2. The molecule has 0 heterocycles. The van der Waals surface area contributed by atoms with Gasteiger partial charge >= 0.3 is 39.5 Å². The minimum atomic E-state index is -4.95. The van der Waals surface area contributed by atoms with Gasteiger partial charge in [0, 0.05) is 25.7 Å². The summed E-state index contributed by atoms with van der Waals surface area (Å²) in [5, 5.41) is 10.5. The number of hydrogen-bond acceptors (Lipinski definition) is 15. The van der Waals surface area contributed by atoms with Gasteiger partial charge in [-0.2, -0.15) is 0 Å². The molecule has 3 unspecified atom stereocenters. The van der Waals surface area contributed by atoms with Crippen molar-refractivity contribution >= 4 is 39.5 Å². The molecule has 0 bridgehead atoms. The smallest absolute Gasteiger partial charge is 0.462 e. The van der Waals surface area contributed by atoms with Gasteiger partial charge in [0.25, 0.3) is 0 Å². The van der Waals surface area contributed by atoms with E-state index in [9.17, 15) is 43.2 Å². The van der Waals surface area contributed by atoms with Crippen LogP contribution in [0.2, 0.25) is 0 Å². The van der Waals surface area contributed by atoms with Gasteiger partial charge in [-0.05, 0) is 37.5 Å². The predicted octanol–water partition coefficient (Wildman–Crippen LogP) is 18.8. The molecule has 0 aromatic heterocycles. The number of rotatable bonds is 66. The first-order valence-corrected chi connectivity index (χ1v) is 38.0. The fourth-order valence-corrected chi connectivity index (χ4v) is 11.6. The number of carbonyl (C=O) groups is 4. The fourth-order valence-electron chi connectivity index (χ4n) is 10.0. The Morgan fingerprint density at radius 3 is 0.884 bits per heavy atom. The van der Waals surface area contributed by atoms with Crippen molar-refractivity contribution in [2.24, 2.45) is 11.8 Å². The molecule has 17 nitrogen and oxygen atoms in total. The van der Waals surface area contributed by atoms with Gasteiger partial charge in [-0.15, -0.1) is 0 Å². The summed E-state index contributed by atoms with van der Waals surface area (Å²) in [6.45, 7) is 9.47. The zero-order valence-corrected chi connectivity index (χ0v) is 57.4. The van der Waals surface area contributed by atoms with Crippen molar-refractivity contribution in [3.05, 3.63) is 0 Å². The van der Waals surface area contributed by atoms with Crippen molar-refractivity contribution < 1.29 is 80.2 Å². The highest BCUT2D eigenvalue weighted by molar-refractivity contribution is 7.47. The van der Waals surface area contributed by atoms with Crippen LogP contribution in [0, 0.1) is 11.8 Å². The molecule has 510 valence electrons. The highest BCUT2D eigenvalue weighted by Gasteiger charge is 2.30. The number of unbranched alkanes of at least 4 members (excludes halogenated alkanes) is 35. The Labute approximate surface area is 524 Å². The Bertz CT molecular complexity index is 1690. The highest BCUT2D eigenvalue weighted by atomic mass is 31.2. The minimum absolute atomic E-state index is 0.104. The number of ether oxygens (including phenoxy) is 4. The Kier molecular flexibility index (Phi) is 58.0. The van der Waals surface area contributed by atoms with E-state index >= 15 is 0 Å². The molecule has 0 radical (unpaired) electrons. The Balaban J connectivity index is 5.22. The molecule has 19 heteroatoms. The first-order chi connectivity index (χ1) is 41.4. The zero-order valence-electron chi connectivity index (χ0n) is 55.6. The maximum Gasteiger partial charge on any atom is 0.472 e. The van der Waals surface area contributed by atoms with Crippen LogP contribution in [0.15, 0.2) is 0 Å². The number of aliphatic hydroxyl groups is 1. The molecule has 0 aliphatic heterocycles. The van der Waals surface area contributed by atoms with E-state index in [-0.39, 0.29) is 25.7 Å². The largest absolute Gasteiger partial charge is 0.472 e. The van der Waals surface area contributed by atoms with Gasteiger partial charge in [0.15, 0.2) is 12.2 Å². The summed E-state index contributed by atoms with van der Waals surface area (Å²) in [7, 11) is -9.89. The molecule has 0 saturated carbocycles. The molecule has 0 rings (SSSR count). The van der Waals surface area contributed by atoms with Crippen LogP contribution >= 0.6 is 15.6 Å². The highest BCUT2D eigenvalue weighted by Crippen LogP contribution is 2.45. The second kappa shape index (κ2) is 59.4. The summed E-state index contributed by atoms with van der Waals surface area (Å²) in [6, 6.07) is 0. The van der Waals surface area contributed by atoms with Gasteiger partial charge in [0.2, 0.25) is 0 Å². The third kappa shape index (κ3) is 59.7. The molecule has 0 fully saturated rings. The zero-order chi connectivity index (χ0) is 63.6. The van der Waals surface area contributed by atoms with E-state index in [1.54, 1.807) is 0 Å². The Morgan fingerprint density at radius 2 is 0.593 bits per heavy atom. The molecule has 0 aliphatic carbocycles. The SMILES string of the molecule is CCCCCCCCCCCCCCCCC(=O)OC[C@H](COP(=O)(O)OC[C@@H](O)COP(=O)(O)OC[C@@H](COC(=O)CCCCCCCCC)OC(=O)CCCCCCCCCCC(C)C)OC(=O)CCCCCCCCCCCCC(C)CC. The maximum absolute atomic E-state index is 13.0. The lowest BCUT2D eigenvalue weighted by Crippen LogP contribution is -2.30. The van der Waals surface area contributed by atoms with Crippen molar-refractivity contribution in [1.82, 2.24) is 0 Å². The lowest BCUT2D eigenvalue weighted by Gasteiger charge is -2.21. The number of carbonyl (C=O) groups excluding carboxylic acids is 4. The maximum atomic E-state index is 13.0. The van der Waals surface area contributed by atoms with Crippen molar-refractivity contribution in [2.75, 3.05) is 39.6 Å². The van der Waals surface area contributed by atoms with Crippen molar-refractivity contribution in [3.8, 4) is 0 Å². The molecule has 0 aliphatic rings. The summed E-state index contributed by atoms with van der Waals surface area (Å²) in [5.74, 6) is -0.612. The first-order valence-electron chi connectivity index (χ1n) is 35.0. The molecule has 3 N–H and O–H groups in total. The van der Waals surface area contributed by atoms with Gasteiger partial charge < -0.3 is 33.8 Å². The van der Waals surface area contributed by atoms with Gasteiger partial charge in [-0.3, -0.25) is 37.3 Å². The minimum Gasteiger partial charge on any atom is -0.462 e. The molecule has 0 amide bonds. The van der Waals surface area contributed by atoms with E-state index in [2.05, 4.69) is 41.5 Å². The third-order valence-electron chi connectivity index (χ3n) is 15.8. The van der Waals surface area contributed by atoms with E-state index in [0.717, 1.165) is 115 Å². The number of hydrogen-bond donors (Lipinski definition) is 3. The van der Waals surface area contributed by atoms with Gasteiger partial charge in [0.1, 0.15) is 19.3 Å². The predicted molar refractivity (Wildman–Crippen MR) is 345 cm³/mol. The van der Waals surface area contributed by atoms with Crippen LogP contribution in [0.1, 0.15) is 337 Å². The summed E-state index contributed by atoms with van der Waals surface area (Å²) in [5.41, 5.74) is 0. The molecule has 0 saturated heterocycles. The van der Waals surface area contributed by atoms with E-state index in [4.69, 9.17) is 37.0 Å². The van der Waals surface area contributed by atoms with Crippen LogP contribution < -0.4 is 0 Å². The monoisotopic (exact) mass is 1270 g/mol. The average molecular weight is 1270 g/mol. The molecule has 0 aromatic carbocycles. The molecule has 6 atom stereocenters. The fraction of sp³-hybridized carbons (Fsp3) is 0.940. The van der Waals surface area contributed by atoms with Gasteiger partial charge in [0.05, 0.1) is 26.4 Å². The summed E-state index contributed by atoms with van der Waals surface area (Å²) < 4.78 is 68.1. The summed E-state index contributed by atoms with van der Waals surface area (Å²) in [4.78, 5) is 72.3. The number of phosphoric acid groups is 2. The van der Waals surface area contributed by atoms with Gasteiger partial charge in [-0.1, -0.05) is 286 Å². The topological polar surface area (TPSA) is 237 Å². The van der Waals surface area contributed by atoms with E-state index in [1.807, 2.05) is 0 Å². The molecule has 86 heavy (non-hydrogen) atoms. The first kappa shape index (κ1) is 84.1. The van der Waals surface area contributed by atoms with Crippen LogP contribution in [-0.4, -0.2) is 96.7 Å². The summed E-state index contributed by atoms with van der Waals surface area (Å²) in [6.07, 6.45) is 43.1. The van der Waals surface area contributed by atoms with Crippen molar-refractivity contribution in [3.63, 3.8) is 0 Å². The molecular formula is C67H130O17P2. The summed E-state index contributed by atoms with van der Waals surface area (Å²) >= 11 is 0. The van der Waals surface area contributed by atoms with Gasteiger partial charge in [-0.25, -0.2) is 9.13 Å². The molecular weight excluding hydrogens is 1140 g/mol. The van der Waals surface area contributed by atoms with Crippen LogP contribution in [0.5, 0.6) is 0 Å². The molecule has 0 spiro atoms. The lowest BCUT2D eigenvalue weighted by atomic mass is 9.99. The lowest BCUT2D eigenvalue weighted by molar-refractivity contribution is -0.161. The third-order valence-corrected chi connectivity index (χ3v) is 17.7. The van der Waals surface area contributed by atoms with Crippen LogP contribution in [0.25, 0.3) is 0 Å². The number of aliphatic hydroxyl groups excluding tert-OH is 1. The second-order valence-electron chi connectivity index (χ2n) is 24.9. The van der Waals surface area contributed by atoms with Crippen LogP contribution in [0.3, 0.4) is 0 Å². The standard InChI is InChI=1S/C67H130O17P2/c1-7-10-12-14-16-17-18-19-20-21-25-32-38-44-50-65(70)78-56-63(83-66(71)51-45-39-33-26-23-22-24-31-36-42-48-60(6)9-3)58-82-86(75,76)80-54-61(68)53-79-85(73,74)81-57-62(55-77-64(69)49-43-37-29-15-13-11-8-2)84-67(72)52-46-40-34-28-27-30-35-41-47-59(4)5/h59-63,68H,7-58H2,1-6H3,(H,73,74)(H,75,76)/t60?,61-,62+,63+/m0/s1. The van der Waals surface area contributed by atoms with Crippen LogP contribution in [0.4, 0.5) is 0 Å². The van der Waals surface area contributed by atoms with Crippen molar-refractivity contribution in [2.45, 2.75) is 355 Å². The van der Waals surface area contributed by atoms with E-state index in [1.165, 1.54) is 141 Å². The van der Waals surface area contributed by atoms with E-state index in [0.29, 0.717) is 25.7 Å². The second-order valence-corrected chi connectivity index (χ2v) is 27.8. The Hall–Kier alpha value is -1.94. The Morgan fingerprint density at radius 1 is 0.337 bits per heavy atom. The van der Waals surface area contributed by atoms with Crippen LogP contribution in [-0.2, 0) is 65.4 Å². The average Bonchev–Trinajstić information content (AvgIpc) is 3.67. The molecule has 0 aromatic rings.